The second kappa shape index (κ2) is 5.66. The Bertz CT molecular complexity index is 564. The highest BCUT2D eigenvalue weighted by Crippen LogP contribution is 2.27. The standard InChI is InChI=1S/C16H24N4O2/c1-11-3-2-6-20(11)16(21)15-13-9-19(12-5-8-22-10-12)7-4-14(13)17-18-15/h11-12H,2-10H2,1H3,(H,17,18)/t11-,12+/m0/s1. The number of aromatic nitrogens is 2. The number of carbonyl (C=O) groups is 1. The van der Waals surface area contributed by atoms with E-state index in [0.29, 0.717) is 17.8 Å². The summed E-state index contributed by atoms with van der Waals surface area (Å²) in [6.45, 7) is 6.52. The van der Waals surface area contributed by atoms with Crippen molar-refractivity contribution in [2.75, 3.05) is 26.3 Å². The van der Waals surface area contributed by atoms with E-state index in [-0.39, 0.29) is 5.91 Å². The predicted octanol–water partition coefficient (Wildman–Crippen LogP) is 1.18. The second-order valence-electron chi connectivity index (χ2n) is 6.76. The quantitative estimate of drug-likeness (QED) is 0.891. The maximum absolute atomic E-state index is 12.8. The van der Waals surface area contributed by atoms with Crippen LogP contribution in [0.15, 0.2) is 0 Å². The first kappa shape index (κ1) is 14.2. The number of carbonyl (C=O) groups excluding carboxylic acids is 1. The summed E-state index contributed by atoms with van der Waals surface area (Å²) in [5.74, 6) is 0.104. The molecular formula is C16H24N4O2. The second-order valence-corrected chi connectivity index (χ2v) is 6.76. The summed E-state index contributed by atoms with van der Waals surface area (Å²) in [5.41, 5.74) is 2.90. The predicted molar refractivity (Wildman–Crippen MR) is 81.7 cm³/mol. The molecule has 3 aliphatic heterocycles. The van der Waals surface area contributed by atoms with E-state index in [9.17, 15) is 4.79 Å². The van der Waals surface area contributed by atoms with E-state index in [1.54, 1.807) is 0 Å². The van der Waals surface area contributed by atoms with Crippen molar-refractivity contribution >= 4 is 5.91 Å². The van der Waals surface area contributed by atoms with Gasteiger partial charge < -0.3 is 9.64 Å². The van der Waals surface area contributed by atoms with Gasteiger partial charge in [0, 0.05) is 56.0 Å². The molecule has 0 saturated carbocycles. The number of amides is 1. The van der Waals surface area contributed by atoms with Crippen LogP contribution in [-0.4, -0.2) is 64.3 Å². The number of hydrogen-bond acceptors (Lipinski definition) is 4. The molecule has 4 heterocycles. The van der Waals surface area contributed by atoms with Crippen molar-refractivity contribution < 1.29 is 9.53 Å². The van der Waals surface area contributed by atoms with E-state index < -0.39 is 0 Å². The normalized spacial score (nSPS) is 29.0. The van der Waals surface area contributed by atoms with E-state index in [1.807, 2.05) is 4.90 Å². The van der Waals surface area contributed by atoms with E-state index in [2.05, 4.69) is 22.0 Å². The number of ether oxygens (including phenoxy) is 1. The molecule has 6 nitrogen and oxygen atoms in total. The summed E-state index contributed by atoms with van der Waals surface area (Å²) in [5, 5.41) is 7.46. The molecule has 3 aliphatic rings. The number of H-pyrrole nitrogens is 1. The molecule has 1 aromatic rings. The van der Waals surface area contributed by atoms with Gasteiger partial charge in [0.05, 0.1) is 6.61 Å². The molecule has 6 heteroatoms. The van der Waals surface area contributed by atoms with Crippen molar-refractivity contribution in [2.24, 2.45) is 0 Å². The molecule has 1 aromatic heterocycles. The number of rotatable bonds is 2. The molecule has 0 aliphatic carbocycles. The minimum absolute atomic E-state index is 0.104. The molecule has 0 unspecified atom stereocenters. The maximum atomic E-state index is 12.8. The molecule has 22 heavy (non-hydrogen) atoms. The maximum Gasteiger partial charge on any atom is 0.274 e. The monoisotopic (exact) mass is 304 g/mol. The lowest BCUT2D eigenvalue weighted by Gasteiger charge is -2.31. The highest BCUT2D eigenvalue weighted by molar-refractivity contribution is 5.94. The van der Waals surface area contributed by atoms with Crippen LogP contribution in [0.25, 0.3) is 0 Å². The van der Waals surface area contributed by atoms with Crippen LogP contribution in [0.1, 0.15) is 47.9 Å². The third kappa shape index (κ3) is 2.34. The number of nitrogens with zero attached hydrogens (tertiary/aromatic N) is 3. The first-order chi connectivity index (χ1) is 10.7. The van der Waals surface area contributed by atoms with Crippen molar-refractivity contribution in [1.29, 1.82) is 0 Å². The molecule has 2 fully saturated rings. The summed E-state index contributed by atoms with van der Waals surface area (Å²) in [6.07, 6.45) is 4.25. The molecule has 0 radical (unpaired) electrons. The van der Waals surface area contributed by atoms with Gasteiger partial charge in [-0.15, -0.1) is 0 Å². The Hall–Kier alpha value is -1.40. The Balaban J connectivity index is 1.56. The van der Waals surface area contributed by atoms with Gasteiger partial charge in [0.1, 0.15) is 0 Å². The highest BCUT2D eigenvalue weighted by Gasteiger charge is 2.34. The van der Waals surface area contributed by atoms with Crippen molar-refractivity contribution in [3.05, 3.63) is 17.0 Å². The van der Waals surface area contributed by atoms with Gasteiger partial charge in [-0.2, -0.15) is 5.10 Å². The van der Waals surface area contributed by atoms with E-state index in [0.717, 1.165) is 69.8 Å². The zero-order valence-electron chi connectivity index (χ0n) is 13.2. The van der Waals surface area contributed by atoms with Gasteiger partial charge in [-0.05, 0) is 26.2 Å². The topological polar surface area (TPSA) is 61.5 Å². The van der Waals surface area contributed by atoms with Gasteiger partial charge in [0.2, 0.25) is 0 Å². The summed E-state index contributed by atoms with van der Waals surface area (Å²) >= 11 is 0. The van der Waals surface area contributed by atoms with Gasteiger partial charge in [-0.25, -0.2) is 0 Å². The van der Waals surface area contributed by atoms with Gasteiger partial charge in [-0.1, -0.05) is 0 Å². The van der Waals surface area contributed by atoms with Crippen molar-refractivity contribution in [2.45, 2.75) is 51.2 Å². The van der Waals surface area contributed by atoms with Crippen LogP contribution >= 0.6 is 0 Å². The smallest absolute Gasteiger partial charge is 0.274 e. The zero-order chi connectivity index (χ0) is 15.1. The lowest BCUT2D eigenvalue weighted by Crippen LogP contribution is -2.40. The molecule has 0 bridgehead atoms. The molecular weight excluding hydrogens is 280 g/mol. The number of likely N-dealkylation sites (tertiary alicyclic amines) is 1. The number of hydrogen-bond donors (Lipinski definition) is 1. The van der Waals surface area contributed by atoms with Crippen LogP contribution in [0.4, 0.5) is 0 Å². The fourth-order valence-corrected chi connectivity index (χ4v) is 3.99. The molecule has 1 N–H and O–H groups in total. The minimum Gasteiger partial charge on any atom is -0.380 e. The third-order valence-corrected chi connectivity index (χ3v) is 5.40. The van der Waals surface area contributed by atoms with Gasteiger partial charge in [-0.3, -0.25) is 14.8 Å². The zero-order valence-corrected chi connectivity index (χ0v) is 13.2. The summed E-state index contributed by atoms with van der Waals surface area (Å²) in [7, 11) is 0. The molecule has 0 aromatic carbocycles. The van der Waals surface area contributed by atoms with Crippen molar-refractivity contribution in [3.63, 3.8) is 0 Å². The molecule has 1 amide bonds. The van der Waals surface area contributed by atoms with Crippen LogP contribution in [0.3, 0.4) is 0 Å². The summed E-state index contributed by atoms with van der Waals surface area (Å²) in [6, 6.07) is 0.833. The Morgan fingerprint density at radius 3 is 3.00 bits per heavy atom. The number of aromatic amines is 1. The van der Waals surface area contributed by atoms with Crippen molar-refractivity contribution in [1.82, 2.24) is 20.0 Å². The molecule has 2 atom stereocenters. The average Bonchev–Trinajstić information content (AvgIpc) is 3.26. The van der Waals surface area contributed by atoms with Gasteiger partial charge in [0.25, 0.3) is 5.91 Å². The van der Waals surface area contributed by atoms with Crippen LogP contribution < -0.4 is 0 Å². The first-order valence-electron chi connectivity index (χ1n) is 8.43. The summed E-state index contributed by atoms with van der Waals surface area (Å²) < 4.78 is 5.51. The van der Waals surface area contributed by atoms with Gasteiger partial charge in [0.15, 0.2) is 5.69 Å². The molecule has 0 spiro atoms. The molecule has 2 saturated heterocycles. The Labute approximate surface area is 130 Å². The van der Waals surface area contributed by atoms with Crippen LogP contribution in [0.5, 0.6) is 0 Å². The molecule has 4 rings (SSSR count). The SMILES string of the molecule is C[C@H]1CCCN1C(=O)c1n[nH]c2c1CN([C@@H]1CCOC1)CC2. The Morgan fingerprint density at radius 1 is 1.36 bits per heavy atom. The first-order valence-corrected chi connectivity index (χ1v) is 8.43. The summed E-state index contributed by atoms with van der Waals surface area (Å²) in [4.78, 5) is 17.3. The van der Waals surface area contributed by atoms with Crippen LogP contribution in [-0.2, 0) is 17.7 Å². The van der Waals surface area contributed by atoms with Crippen LogP contribution in [0, 0.1) is 0 Å². The largest absolute Gasteiger partial charge is 0.380 e. The van der Waals surface area contributed by atoms with E-state index in [1.165, 1.54) is 0 Å². The number of fused-ring (bicyclic) bond motifs is 1. The number of nitrogens with one attached hydrogen (secondary N) is 1. The third-order valence-electron chi connectivity index (χ3n) is 5.40. The average molecular weight is 304 g/mol. The fourth-order valence-electron chi connectivity index (χ4n) is 3.99. The highest BCUT2D eigenvalue weighted by atomic mass is 16.5. The van der Waals surface area contributed by atoms with Crippen molar-refractivity contribution in [3.8, 4) is 0 Å². The lowest BCUT2D eigenvalue weighted by molar-refractivity contribution is 0.0737. The van der Waals surface area contributed by atoms with Crippen LogP contribution in [0.2, 0.25) is 0 Å². The minimum atomic E-state index is 0.104. The molecule has 120 valence electrons. The van der Waals surface area contributed by atoms with E-state index >= 15 is 0 Å². The fraction of sp³-hybridized carbons (Fsp3) is 0.750. The Morgan fingerprint density at radius 2 is 2.27 bits per heavy atom. The van der Waals surface area contributed by atoms with E-state index in [4.69, 9.17) is 4.74 Å². The van der Waals surface area contributed by atoms with Gasteiger partial charge >= 0.3 is 0 Å². The lowest BCUT2D eigenvalue weighted by atomic mass is 10.0. The Kier molecular flexibility index (Phi) is 3.66.